The van der Waals surface area contributed by atoms with Crippen molar-refractivity contribution in [2.75, 3.05) is 38.7 Å². The molecule has 0 spiro atoms. The first-order valence-electron chi connectivity index (χ1n) is 7.73. The minimum atomic E-state index is -1.22. The Kier molecular flexibility index (Phi) is 5.56. The van der Waals surface area contributed by atoms with Crippen molar-refractivity contribution >= 4 is 23.5 Å². The molecule has 0 aliphatic carbocycles. The van der Waals surface area contributed by atoms with Crippen molar-refractivity contribution < 1.29 is 23.9 Å². The molecule has 1 N–H and O–H groups in total. The lowest BCUT2D eigenvalue weighted by Gasteiger charge is -2.33. The molecule has 130 valence electrons. The summed E-state index contributed by atoms with van der Waals surface area (Å²) in [6.07, 6.45) is 0. The Morgan fingerprint density at radius 1 is 1.21 bits per heavy atom. The van der Waals surface area contributed by atoms with Gasteiger partial charge in [-0.15, -0.1) is 0 Å². The van der Waals surface area contributed by atoms with Crippen LogP contribution in [0.3, 0.4) is 0 Å². The molecule has 2 rings (SSSR count). The molecule has 1 saturated heterocycles. The van der Waals surface area contributed by atoms with Gasteiger partial charge in [-0.3, -0.25) is 9.59 Å². The lowest BCUT2D eigenvalue weighted by Crippen LogP contribution is -2.51. The number of esters is 1. The molecule has 0 unspecified atom stereocenters. The van der Waals surface area contributed by atoms with Gasteiger partial charge in [0.2, 0.25) is 11.8 Å². The molecule has 1 aromatic carbocycles. The SMILES string of the molecule is COC(=O)c1cccc(NC(=O)C(C)(C)C(=O)N2CCOCC2)c1. The van der Waals surface area contributed by atoms with Gasteiger partial charge in [-0.1, -0.05) is 6.07 Å². The molecule has 0 aromatic heterocycles. The van der Waals surface area contributed by atoms with Gasteiger partial charge in [0.15, 0.2) is 0 Å². The summed E-state index contributed by atoms with van der Waals surface area (Å²) < 4.78 is 9.88. The smallest absolute Gasteiger partial charge is 0.337 e. The van der Waals surface area contributed by atoms with Crippen LogP contribution < -0.4 is 5.32 Å². The fourth-order valence-corrected chi connectivity index (χ4v) is 2.39. The summed E-state index contributed by atoms with van der Waals surface area (Å²) in [6.45, 7) is 5.09. The maximum absolute atomic E-state index is 12.6. The van der Waals surface area contributed by atoms with Gasteiger partial charge >= 0.3 is 5.97 Å². The monoisotopic (exact) mass is 334 g/mol. The van der Waals surface area contributed by atoms with Crippen LogP contribution in [0.5, 0.6) is 0 Å². The molecule has 1 heterocycles. The molecule has 24 heavy (non-hydrogen) atoms. The zero-order valence-corrected chi connectivity index (χ0v) is 14.1. The van der Waals surface area contributed by atoms with E-state index in [2.05, 4.69) is 10.1 Å². The minimum Gasteiger partial charge on any atom is -0.465 e. The first kappa shape index (κ1) is 17.9. The van der Waals surface area contributed by atoms with Crippen LogP contribution in [-0.2, 0) is 19.1 Å². The highest BCUT2D eigenvalue weighted by Crippen LogP contribution is 2.23. The van der Waals surface area contributed by atoms with Gasteiger partial charge in [-0.05, 0) is 32.0 Å². The van der Waals surface area contributed by atoms with Crippen molar-refractivity contribution in [2.24, 2.45) is 5.41 Å². The Morgan fingerprint density at radius 3 is 2.50 bits per heavy atom. The normalized spacial score (nSPS) is 14.9. The standard InChI is InChI=1S/C17H22N2O5/c1-17(2,16(22)19-7-9-24-10-8-19)15(21)18-13-6-4-5-12(11-13)14(20)23-3/h4-6,11H,7-10H2,1-3H3,(H,18,21). The molecule has 1 fully saturated rings. The molecule has 0 saturated carbocycles. The van der Waals surface area contributed by atoms with Crippen LogP contribution >= 0.6 is 0 Å². The lowest BCUT2D eigenvalue weighted by molar-refractivity contribution is -0.149. The van der Waals surface area contributed by atoms with Gasteiger partial charge in [-0.25, -0.2) is 4.79 Å². The summed E-state index contributed by atoms with van der Waals surface area (Å²) in [6, 6.07) is 6.39. The molecule has 1 aliphatic rings. The number of benzene rings is 1. The van der Waals surface area contributed by atoms with E-state index in [0.29, 0.717) is 37.6 Å². The van der Waals surface area contributed by atoms with E-state index in [1.807, 2.05) is 0 Å². The Morgan fingerprint density at radius 2 is 1.88 bits per heavy atom. The Labute approximate surface area is 140 Å². The van der Waals surface area contributed by atoms with E-state index in [0.717, 1.165) is 0 Å². The third kappa shape index (κ3) is 3.91. The molecule has 7 heteroatoms. The highest BCUT2D eigenvalue weighted by molar-refractivity contribution is 6.10. The maximum Gasteiger partial charge on any atom is 0.337 e. The van der Waals surface area contributed by atoms with Crippen molar-refractivity contribution in [1.29, 1.82) is 0 Å². The highest BCUT2D eigenvalue weighted by atomic mass is 16.5. The topological polar surface area (TPSA) is 84.9 Å². The van der Waals surface area contributed by atoms with Crippen LogP contribution in [0.15, 0.2) is 24.3 Å². The van der Waals surface area contributed by atoms with E-state index in [4.69, 9.17) is 4.74 Å². The average Bonchev–Trinajstić information content (AvgIpc) is 2.61. The number of amides is 2. The summed E-state index contributed by atoms with van der Waals surface area (Å²) in [5.41, 5.74) is -0.461. The van der Waals surface area contributed by atoms with Crippen LogP contribution in [0.1, 0.15) is 24.2 Å². The highest BCUT2D eigenvalue weighted by Gasteiger charge is 2.39. The molecular formula is C17H22N2O5. The van der Waals surface area contributed by atoms with E-state index in [-0.39, 0.29) is 5.91 Å². The van der Waals surface area contributed by atoms with E-state index in [1.54, 1.807) is 36.9 Å². The number of carbonyl (C=O) groups is 3. The lowest BCUT2D eigenvalue weighted by atomic mass is 9.90. The number of morpholine rings is 1. The van der Waals surface area contributed by atoms with Crippen molar-refractivity contribution in [3.63, 3.8) is 0 Å². The van der Waals surface area contributed by atoms with Gasteiger partial charge in [0.25, 0.3) is 0 Å². The van der Waals surface area contributed by atoms with Crippen molar-refractivity contribution in [3.8, 4) is 0 Å². The number of rotatable bonds is 4. The van der Waals surface area contributed by atoms with Crippen molar-refractivity contribution in [3.05, 3.63) is 29.8 Å². The molecule has 1 aliphatic heterocycles. The first-order valence-corrected chi connectivity index (χ1v) is 7.73. The van der Waals surface area contributed by atoms with Crippen molar-refractivity contribution in [1.82, 2.24) is 4.90 Å². The number of methoxy groups -OCH3 is 1. The van der Waals surface area contributed by atoms with Crippen LogP contribution in [0.2, 0.25) is 0 Å². The number of hydrogen-bond acceptors (Lipinski definition) is 5. The van der Waals surface area contributed by atoms with Gasteiger partial charge in [-0.2, -0.15) is 0 Å². The zero-order chi connectivity index (χ0) is 17.7. The second-order valence-electron chi connectivity index (χ2n) is 6.06. The molecule has 0 atom stereocenters. The number of ether oxygens (including phenoxy) is 2. The predicted octanol–water partition coefficient (Wildman–Crippen LogP) is 1.30. The molecular weight excluding hydrogens is 312 g/mol. The minimum absolute atomic E-state index is 0.243. The van der Waals surface area contributed by atoms with E-state index in [1.165, 1.54) is 13.2 Å². The Bertz CT molecular complexity index is 636. The van der Waals surface area contributed by atoms with E-state index in [9.17, 15) is 14.4 Å². The quantitative estimate of drug-likeness (QED) is 0.663. The Balaban J connectivity index is 2.10. The predicted molar refractivity (Wildman–Crippen MR) is 87.6 cm³/mol. The first-order chi connectivity index (χ1) is 11.4. The van der Waals surface area contributed by atoms with Gasteiger partial charge in [0.05, 0.1) is 25.9 Å². The molecule has 0 radical (unpaired) electrons. The van der Waals surface area contributed by atoms with Crippen molar-refractivity contribution in [2.45, 2.75) is 13.8 Å². The number of carbonyl (C=O) groups excluding carboxylic acids is 3. The molecule has 2 amide bonds. The maximum atomic E-state index is 12.6. The van der Waals surface area contributed by atoms with Crippen LogP contribution in [0.25, 0.3) is 0 Å². The molecule has 1 aromatic rings. The summed E-state index contributed by atoms with van der Waals surface area (Å²) in [7, 11) is 1.29. The van der Waals surface area contributed by atoms with E-state index < -0.39 is 17.3 Å². The van der Waals surface area contributed by atoms with Crippen LogP contribution in [0, 0.1) is 5.41 Å². The number of anilines is 1. The summed E-state index contributed by atoms with van der Waals surface area (Å²) in [4.78, 5) is 38.4. The summed E-state index contributed by atoms with van der Waals surface area (Å²) in [5, 5.41) is 2.70. The van der Waals surface area contributed by atoms with Gasteiger partial charge in [0.1, 0.15) is 5.41 Å². The number of nitrogens with one attached hydrogen (secondary N) is 1. The third-order valence-electron chi connectivity index (χ3n) is 3.94. The molecule has 0 bridgehead atoms. The van der Waals surface area contributed by atoms with Crippen LogP contribution in [-0.4, -0.2) is 56.1 Å². The fourth-order valence-electron chi connectivity index (χ4n) is 2.39. The van der Waals surface area contributed by atoms with Gasteiger partial charge < -0.3 is 19.7 Å². The zero-order valence-electron chi connectivity index (χ0n) is 14.1. The average molecular weight is 334 g/mol. The third-order valence-corrected chi connectivity index (χ3v) is 3.94. The van der Waals surface area contributed by atoms with E-state index >= 15 is 0 Å². The van der Waals surface area contributed by atoms with Gasteiger partial charge in [0, 0.05) is 18.8 Å². The molecule has 7 nitrogen and oxygen atoms in total. The number of nitrogens with zero attached hydrogens (tertiary/aromatic N) is 1. The summed E-state index contributed by atoms with van der Waals surface area (Å²) in [5.74, 6) is -1.16. The fraction of sp³-hybridized carbons (Fsp3) is 0.471. The van der Waals surface area contributed by atoms with Crippen LogP contribution in [0.4, 0.5) is 5.69 Å². The second kappa shape index (κ2) is 7.44. The number of hydrogen-bond donors (Lipinski definition) is 1. The largest absolute Gasteiger partial charge is 0.465 e. The Hall–Kier alpha value is -2.41. The summed E-state index contributed by atoms with van der Waals surface area (Å²) >= 11 is 0. The second-order valence-corrected chi connectivity index (χ2v) is 6.06.